The van der Waals surface area contributed by atoms with Gasteiger partial charge in [0.05, 0.1) is 29.8 Å². The van der Waals surface area contributed by atoms with Crippen LogP contribution in [0.1, 0.15) is 27.0 Å². The number of hydrogen-bond donors (Lipinski definition) is 1. The quantitative estimate of drug-likeness (QED) is 0.173. The van der Waals surface area contributed by atoms with Gasteiger partial charge in [0.15, 0.2) is 16.7 Å². The Labute approximate surface area is 259 Å². The molecule has 1 aliphatic heterocycles. The number of thioether (sulfide) groups is 1. The van der Waals surface area contributed by atoms with E-state index in [0.29, 0.717) is 28.2 Å². The van der Waals surface area contributed by atoms with Crippen LogP contribution in [-0.4, -0.2) is 34.2 Å². The standard InChI is InChI=1S/C36H28N2O5S/c1-42-32-20-25(14-18-31(32)43-23-26-13-15-27-7-5-6-8-29(27)19-26)21-33-34(39)38(22-24-11-16-28(17-12-24)35(40)41)36(44-33)37-30-9-3-2-4-10-30/h2-21H,22-23H2,1H3,(H,40,41)/b33-21-,37-36?. The summed E-state index contributed by atoms with van der Waals surface area (Å²) in [4.78, 5) is 31.8. The summed E-state index contributed by atoms with van der Waals surface area (Å²) in [5, 5.41) is 12.1. The van der Waals surface area contributed by atoms with E-state index in [0.717, 1.165) is 27.8 Å². The molecule has 44 heavy (non-hydrogen) atoms. The van der Waals surface area contributed by atoms with Crippen LogP contribution in [0.4, 0.5) is 5.69 Å². The molecule has 1 amide bonds. The SMILES string of the molecule is COc1cc(/C=C2\SC(=Nc3ccccc3)N(Cc3ccc(C(=O)O)cc3)C2=O)ccc1OCc1ccc2ccccc2c1. The Morgan fingerprint density at radius 1 is 0.841 bits per heavy atom. The third kappa shape index (κ3) is 6.50. The number of amidine groups is 1. The van der Waals surface area contributed by atoms with Gasteiger partial charge in [-0.3, -0.25) is 9.69 Å². The zero-order chi connectivity index (χ0) is 30.5. The average molecular weight is 601 g/mol. The third-order valence-corrected chi connectivity index (χ3v) is 8.11. The lowest BCUT2D eigenvalue weighted by Gasteiger charge is -2.16. The third-order valence-electron chi connectivity index (χ3n) is 7.10. The van der Waals surface area contributed by atoms with Crippen molar-refractivity contribution in [3.8, 4) is 11.5 Å². The fraction of sp³-hybridized carbons (Fsp3) is 0.0833. The van der Waals surface area contributed by atoms with Crippen molar-refractivity contribution in [2.45, 2.75) is 13.2 Å². The number of carboxylic acids is 1. The van der Waals surface area contributed by atoms with E-state index in [4.69, 9.17) is 14.5 Å². The summed E-state index contributed by atoms with van der Waals surface area (Å²) in [7, 11) is 1.59. The van der Waals surface area contributed by atoms with E-state index < -0.39 is 5.97 Å². The molecule has 0 aromatic heterocycles. The minimum absolute atomic E-state index is 0.188. The first kappa shape index (κ1) is 28.8. The van der Waals surface area contributed by atoms with Crippen molar-refractivity contribution in [2.75, 3.05) is 7.11 Å². The minimum Gasteiger partial charge on any atom is -0.493 e. The molecular formula is C36H28N2O5S. The number of carboxylic acid groups (broad SMARTS) is 1. The van der Waals surface area contributed by atoms with Gasteiger partial charge in [-0.1, -0.05) is 72.8 Å². The molecular weight excluding hydrogens is 572 g/mol. The summed E-state index contributed by atoms with van der Waals surface area (Å²) in [6, 6.07) is 36.0. The Morgan fingerprint density at radius 3 is 2.32 bits per heavy atom. The molecule has 0 unspecified atom stereocenters. The normalized spacial score (nSPS) is 14.8. The molecule has 0 atom stereocenters. The Hall–Kier alpha value is -5.34. The van der Waals surface area contributed by atoms with E-state index in [9.17, 15) is 14.7 Å². The molecule has 5 aromatic rings. The van der Waals surface area contributed by atoms with Gasteiger partial charge < -0.3 is 14.6 Å². The van der Waals surface area contributed by atoms with Crippen LogP contribution in [0.15, 0.2) is 125 Å². The average Bonchev–Trinajstić information content (AvgIpc) is 3.33. The van der Waals surface area contributed by atoms with Gasteiger partial charge in [0.25, 0.3) is 5.91 Å². The highest BCUT2D eigenvalue weighted by Gasteiger charge is 2.33. The summed E-state index contributed by atoms with van der Waals surface area (Å²) in [6.07, 6.45) is 1.82. The Morgan fingerprint density at radius 2 is 1.57 bits per heavy atom. The number of aromatic carboxylic acids is 1. The highest BCUT2D eigenvalue weighted by atomic mass is 32.2. The summed E-state index contributed by atoms with van der Waals surface area (Å²) in [5.74, 6) is -0.0286. The van der Waals surface area contributed by atoms with Crippen molar-refractivity contribution < 1.29 is 24.2 Å². The maximum absolute atomic E-state index is 13.7. The van der Waals surface area contributed by atoms with Crippen LogP contribution in [0.3, 0.4) is 0 Å². The number of nitrogens with zero attached hydrogens (tertiary/aromatic N) is 2. The lowest BCUT2D eigenvalue weighted by atomic mass is 10.1. The molecule has 0 saturated carbocycles. The number of fused-ring (bicyclic) bond motifs is 1. The van der Waals surface area contributed by atoms with Crippen molar-refractivity contribution in [1.82, 2.24) is 4.90 Å². The number of hydrogen-bond acceptors (Lipinski definition) is 6. The highest BCUT2D eigenvalue weighted by Crippen LogP contribution is 2.37. The summed E-state index contributed by atoms with van der Waals surface area (Å²) in [6.45, 7) is 0.636. The predicted octanol–water partition coefficient (Wildman–Crippen LogP) is 7.93. The molecule has 1 heterocycles. The van der Waals surface area contributed by atoms with Crippen molar-refractivity contribution in [3.63, 3.8) is 0 Å². The molecule has 7 nitrogen and oxygen atoms in total. The number of carbonyl (C=O) groups excluding carboxylic acids is 1. The van der Waals surface area contributed by atoms with Crippen LogP contribution in [0.5, 0.6) is 11.5 Å². The number of carbonyl (C=O) groups is 2. The number of ether oxygens (including phenoxy) is 2. The van der Waals surface area contributed by atoms with Crippen molar-refractivity contribution >= 4 is 51.3 Å². The van der Waals surface area contributed by atoms with E-state index in [1.807, 2.05) is 66.7 Å². The van der Waals surface area contributed by atoms with Crippen LogP contribution >= 0.6 is 11.8 Å². The maximum atomic E-state index is 13.7. The van der Waals surface area contributed by atoms with Crippen LogP contribution in [-0.2, 0) is 17.9 Å². The van der Waals surface area contributed by atoms with Crippen LogP contribution < -0.4 is 9.47 Å². The fourth-order valence-electron chi connectivity index (χ4n) is 4.81. The van der Waals surface area contributed by atoms with Crippen LogP contribution in [0.25, 0.3) is 16.8 Å². The number of aliphatic imine (C=N–C) groups is 1. The molecule has 1 N–H and O–H groups in total. The predicted molar refractivity (Wildman–Crippen MR) is 174 cm³/mol. The molecule has 6 rings (SSSR count). The smallest absolute Gasteiger partial charge is 0.335 e. The topological polar surface area (TPSA) is 88.4 Å². The lowest BCUT2D eigenvalue weighted by Crippen LogP contribution is -2.28. The Kier molecular flexibility index (Phi) is 8.43. The van der Waals surface area contributed by atoms with Gasteiger partial charge >= 0.3 is 5.97 Å². The maximum Gasteiger partial charge on any atom is 0.335 e. The number of methoxy groups -OCH3 is 1. The van der Waals surface area contributed by atoms with E-state index in [1.165, 1.54) is 29.3 Å². The molecule has 1 saturated heterocycles. The van der Waals surface area contributed by atoms with Crippen molar-refractivity contribution in [3.05, 3.63) is 142 Å². The highest BCUT2D eigenvalue weighted by molar-refractivity contribution is 8.18. The monoisotopic (exact) mass is 600 g/mol. The Bertz CT molecular complexity index is 1900. The van der Waals surface area contributed by atoms with E-state index in [-0.39, 0.29) is 18.0 Å². The van der Waals surface area contributed by atoms with E-state index >= 15 is 0 Å². The molecule has 0 bridgehead atoms. The number of para-hydroxylation sites is 1. The molecule has 0 radical (unpaired) electrons. The van der Waals surface area contributed by atoms with Crippen LogP contribution in [0.2, 0.25) is 0 Å². The second-order valence-electron chi connectivity index (χ2n) is 10.1. The van der Waals surface area contributed by atoms with Gasteiger partial charge in [0.1, 0.15) is 6.61 Å². The zero-order valence-corrected chi connectivity index (χ0v) is 24.7. The number of amides is 1. The second-order valence-corrected chi connectivity index (χ2v) is 11.1. The van der Waals surface area contributed by atoms with Crippen LogP contribution in [0, 0.1) is 0 Å². The van der Waals surface area contributed by atoms with Gasteiger partial charge in [-0.25, -0.2) is 9.79 Å². The van der Waals surface area contributed by atoms with Crippen molar-refractivity contribution in [1.29, 1.82) is 0 Å². The first-order valence-corrected chi connectivity index (χ1v) is 14.7. The van der Waals surface area contributed by atoms with Gasteiger partial charge in [-0.05, 0) is 87.8 Å². The van der Waals surface area contributed by atoms with Gasteiger partial charge in [-0.2, -0.15) is 0 Å². The first-order valence-electron chi connectivity index (χ1n) is 13.9. The van der Waals surface area contributed by atoms with Crippen molar-refractivity contribution in [2.24, 2.45) is 4.99 Å². The second kappa shape index (κ2) is 12.9. The molecule has 1 aliphatic rings. The molecule has 1 fully saturated rings. The van der Waals surface area contributed by atoms with Gasteiger partial charge in [-0.15, -0.1) is 0 Å². The molecule has 8 heteroatoms. The first-order chi connectivity index (χ1) is 21.5. The van der Waals surface area contributed by atoms with E-state index in [2.05, 4.69) is 30.3 Å². The zero-order valence-electron chi connectivity index (χ0n) is 23.8. The fourth-order valence-corrected chi connectivity index (χ4v) is 5.81. The molecule has 0 aliphatic carbocycles. The summed E-state index contributed by atoms with van der Waals surface area (Å²) >= 11 is 1.29. The number of rotatable bonds is 9. The molecule has 218 valence electrons. The van der Waals surface area contributed by atoms with E-state index in [1.54, 1.807) is 24.1 Å². The number of benzene rings is 5. The minimum atomic E-state index is -0.999. The lowest BCUT2D eigenvalue weighted by molar-refractivity contribution is -0.122. The molecule has 5 aromatic carbocycles. The largest absolute Gasteiger partial charge is 0.493 e. The Balaban J connectivity index is 1.24. The molecule has 0 spiro atoms. The summed E-state index contributed by atoms with van der Waals surface area (Å²) in [5.41, 5.74) is 3.54. The van der Waals surface area contributed by atoms with Gasteiger partial charge in [0.2, 0.25) is 0 Å². The van der Waals surface area contributed by atoms with Gasteiger partial charge in [0, 0.05) is 0 Å². The summed E-state index contributed by atoms with van der Waals surface area (Å²) < 4.78 is 11.8.